The first-order valence-electron chi connectivity index (χ1n) is 11.5. The summed E-state index contributed by atoms with van der Waals surface area (Å²) in [5, 5.41) is 11.1. The second kappa shape index (κ2) is 10.2. The van der Waals surface area contributed by atoms with Crippen molar-refractivity contribution in [1.82, 2.24) is 14.9 Å². The van der Waals surface area contributed by atoms with Gasteiger partial charge < -0.3 is 14.7 Å². The highest BCUT2D eigenvalue weighted by molar-refractivity contribution is 6.46. The molecular formula is C29H23N3O4. The maximum absolute atomic E-state index is 13.2. The number of ketones is 1. The minimum atomic E-state index is -0.776. The lowest BCUT2D eigenvalue weighted by Crippen LogP contribution is -2.29. The quantitative estimate of drug-likeness (QED) is 0.236. The van der Waals surface area contributed by atoms with Gasteiger partial charge in [0.2, 0.25) is 0 Å². The van der Waals surface area contributed by atoms with Gasteiger partial charge in [-0.05, 0) is 47.0 Å². The van der Waals surface area contributed by atoms with Crippen LogP contribution in [0.2, 0.25) is 0 Å². The van der Waals surface area contributed by atoms with Crippen molar-refractivity contribution in [3.63, 3.8) is 0 Å². The zero-order chi connectivity index (χ0) is 24.9. The Hall–Kier alpha value is -4.78. The van der Waals surface area contributed by atoms with Crippen molar-refractivity contribution in [2.75, 3.05) is 0 Å². The maximum Gasteiger partial charge on any atom is 0.295 e. The molecule has 1 N–H and O–H groups in total. The monoisotopic (exact) mass is 477 g/mol. The van der Waals surface area contributed by atoms with Crippen LogP contribution in [-0.4, -0.2) is 31.7 Å². The molecule has 1 amide bonds. The molecule has 2 aromatic heterocycles. The summed E-state index contributed by atoms with van der Waals surface area (Å²) in [7, 11) is 0. The van der Waals surface area contributed by atoms with E-state index in [2.05, 4.69) is 9.97 Å². The van der Waals surface area contributed by atoms with Crippen LogP contribution in [0.15, 0.2) is 109 Å². The number of carbonyl (C=O) groups excluding carboxylic acids is 2. The summed E-state index contributed by atoms with van der Waals surface area (Å²) in [6.07, 6.45) is 6.34. The molecule has 4 aromatic rings. The van der Waals surface area contributed by atoms with E-state index in [1.807, 2.05) is 48.5 Å². The van der Waals surface area contributed by atoms with E-state index in [9.17, 15) is 14.7 Å². The molecular weight excluding hydrogens is 454 g/mol. The van der Waals surface area contributed by atoms with Gasteiger partial charge in [-0.3, -0.25) is 19.6 Å². The molecule has 0 saturated carbocycles. The third-order valence-corrected chi connectivity index (χ3v) is 6.01. The van der Waals surface area contributed by atoms with E-state index in [0.29, 0.717) is 23.5 Å². The minimum absolute atomic E-state index is 0.0352. The molecule has 1 aliphatic rings. The fourth-order valence-electron chi connectivity index (χ4n) is 4.23. The van der Waals surface area contributed by atoms with Crippen LogP contribution in [0.3, 0.4) is 0 Å². The largest absolute Gasteiger partial charge is 0.507 e. The normalized spacial score (nSPS) is 16.8. The lowest BCUT2D eigenvalue weighted by atomic mass is 9.95. The van der Waals surface area contributed by atoms with E-state index >= 15 is 0 Å². The number of benzene rings is 2. The van der Waals surface area contributed by atoms with Gasteiger partial charge in [-0.25, -0.2) is 0 Å². The van der Waals surface area contributed by atoms with Gasteiger partial charge in [0.15, 0.2) is 0 Å². The molecule has 1 aliphatic heterocycles. The zero-order valence-electron chi connectivity index (χ0n) is 19.3. The number of hydrogen-bond acceptors (Lipinski definition) is 6. The Kier molecular flexibility index (Phi) is 6.53. The van der Waals surface area contributed by atoms with Crippen molar-refractivity contribution >= 4 is 17.4 Å². The summed E-state index contributed by atoms with van der Waals surface area (Å²) in [6, 6.07) is 23.1. The van der Waals surface area contributed by atoms with Crippen LogP contribution < -0.4 is 4.74 Å². The first-order valence-corrected chi connectivity index (χ1v) is 11.5. The van der Waals surface area contributed by atoms with Crippen molar-refractivity contribution < 1.29 is 19.4 Å². The fraction of sp³-hybridized carbons (Fsp3) is 0.103. The van der Waals surface area contributed by atoms with Gasteiger partial charge in [0.25, 0.3) is 11.7 Å². The SMILES string of the molecule is O=C1C(=O)N(Cc2cccnc2)C(c2ccc(OCc3ccccc3)cc2)C1=C(O)c1ccncc1. The van der Waals surface area contributed by atoms with Crippen molar-refractivity contribution in [1.29, 1.82) is 0 Å². The number of hydrogen-bond donors (Lipinski definition) is 1. The van der Waals surface area contributed by atoms with E-state index in [0.717, 1.165) is 11.1 Å². The summed E-state index contributed by atoms with van der Waals surface area (Å²) in [6.45, 7) is 0.587. The number of amides is 1. The zero-order valence-corrected chi connectivity index (χ0v) is 19.3. The predicted octanol–water partition coefficient (Wildman–Crippen LogP) is 4.68. The first kappa shape index (κ1) is 23.0. The summed E-state index contributed by atoms with van der Waals surface area (Å²) in [4.78, 5) is 35.9. The number of rotatable bonds is 7. The van der Waals surface area contributed by atoms with Crippen molar-refractivity contribution in [3.05, 3.63) is 131 Å². The molecule has 7 nitrogen and oxygen atoms in total. The molecule has 0 radical (unpaired) electrons. The van der Waals surface area contributed by atoms with Gasteiger partial charge in [0.05, 0.1) is 11.6 Å². The molecule has 0 bridgehead atoms. The van der Waals surface area contributed by atoms with E-state index in [-0.39, 0.29) is 17.9 Å². The second-order valence-electron chi connectivity index (χ2n) is 8.37. The third kappa shape index (κ3) is 4.72. The Labute approximate surface area is 208 Å². The van der Waals surface area contributed by atoms with Crippen LogP contribution in [0, 0.1) is 0 Å². The number of aromatic nitrogens is 2. The smallest absolute Gasteiger partial charge is 0.295 e. The number of pyridine rings is 2. The second-order valence-corrected chi connectivity index (χ2v) is 8.37. The summed E-state index contributed by atoms with van der Waals surface area (Å²) in [5.74, 6) is -0.994. The minimum Gasteiger partial charge on any atom is -0.507 e. The topological polar surface area (TPSA) is 92.6 Å². The summed E-state index contributed by atoms with van der Waals surface area (Å²) < 4.78 is 5.89. The molecule has 1 fully saturated rings. The van der Waals surface area contributed by atoms with Crippen LogP contribution in [0.1, 0.15) is 28.3 Å². The molecule has 5 rings (SSSR count). The number of carbonyl (C=O) groups is 2. The number of aliphatic hydroxyl groups is 1. The van der Waals surface area contributed by atoms with Crippen molar-refractivity contribution in [3.8, 4) is 5.75 Å². The van der Waals surface area contributed by atoms with E-state index in [1.165, 1.54) is 17.3 Å². The van der Waals surface area contributed by atoms with Crippen molar-refractivity contribution in [2.24, 2.45) is 0 Å². The number of ether oxygens (including phenoxy) is 1. The van der Waals surface area contributed by atoms with Crippen LogP contribution in [-0.2, 0) is 22.7 Å². The number of aliphatic hydroxyl groups excluding tert-OH is 1. The van der Waals surface area contributed by atoms with Gasteiger partial charge in [0, 0.05) is 36.9 Å². The first-order chi connectivity index (χ1) is 17.6. The van der Waals surface area contributed by atoms with Gasteiger partial charge in [-0.1, -0.05) is 48.5 Å². The average molecular weight is 478 g/mol. The van der Waals surface area contributed by atoms with Crippen molar-refractivity contribution in [2.45, 2.75) is 19.2 Å². The van der Waals surface area contributed by atoms with Crippen LogP contribution in [0.25, 0.3) is 5.76 Å². The molecule has 3 heterocycles. The van der Waals surface area contributed by atoms with Crippen LogP contribution >= 0.6 is 0 Å². The Morgan fingerprint density at radius 1 is 0.833 bits per heavy atom. The molecule has 178 valence electrons. The maximum atomic E-state index is 13.2. The van der Waals surface area contributed by atoms with E-state index < -0.39 is 17.7 Å². The van der Waals surface area contributed by atoms with Gasteiger partial charge in [-0.15, -0.1) is 0 Å². The predicted molar refractivity (Wildman–Crippen MR) is 134 cm³/mol. The molecule has 2 aromatic carbocycles. The Bertz CT molecular complexity index is 1390. The lowest BCUT2D eigenvalue weighted by molar-refractivity contribution is -0.140. The molecule has 7 heteroatoms. The third-order valence-electron chi connectivity index (χ3n) is 6.01. The molecule has 1 unspecified atom stereocenters. The van der Waals surface area contributed by atoms with Gasteiger partial charge in [0.1, 0.15) is 18.1 Å². The molecule has 0 spiro atoms. The number of Topliss-reactive ketones (excluding diaryl/α,β-unsaturated/α-hetero) is 1. The Morgan fingerprint density at radius 2 is 1.56 bits per heavy atom. The molecule has 0 aliphatic carbocycles. The molecule has 1 saturated heterocycles. The number of nitrogens with zero attached hydrogens (tertiary/aromatic N) is 3. The Balaban J connectivity index is 1.50. The number of likely N-dealkylation sites (tertiary alicyclic amines) is 1. The van der Waals surface area contributed by atoms with Gasteiger partial charge in [-0.2, -0.15) is 0 Å². The average Bonchev–Trinajstić information content (AvgIpc) is 3.18. The van der Waals surface area contributed by atoms with E-state index in [4.69, 9.17) is 4.74 Å². The molecule has 1 atom stereocenters. The highest BCUT2D eigenvalue weighted by atomic mass is 16.5. The van der Waals surface area contributed by atoms with Crippen LogP contribution in [0.4, 0.5) is 0 Å². The highest BCUT2D eigenvalue weighted by Gasteiger charge is 2.46. The lowest BCUT2D eigenvalue weighted by Gasteiger charge is -2.25. The highest BCUT2D eigenvalue weighted by Crippen LogP contribution is 2.40. The molecule has 36 heavy (non-hydrogen) atoms. The van der Waals surface area contributed by atoms with E-state index in [1.54, 1.807) is 42.7 Å². The fourth-order valence-corrected chi connectivity index (χ4v) is 4.23. The summed E-state index contributed by atoms with van der Waals surface area (Å²) in [5.41, 5.74) is 2.95. The standard InChI is InChI=1S/C29H23N3O4/c33-27(23-12-15-30-16-13-23)25-26(32(29(35)28(25)34)18-21-7-4-14-31-17-21)22-8-10-24(11-9-22)36-19-20-5-2-1-3-6-20/h1-17,26,33H,18-19H2. The van der Waals surface area contributed by atoms with Gasteiger partial charge >= 0.3 is 0 Å². The Morgan fingerprint density at radius 3 is 2.25 bits per heavy atom. The summed E-state index contributed by atoms with van der Waals surface area (Å²) >= 11 is 0. The van der Waals surface area contributed by atoms with Crippen LogP contribution in [0.5, 0.6) is 5.75 Å².